The second-order valence-electron chi connectivity index (χ2n) is 4.40. The van der Waals surface area contributed by atoms with Crippen LogP contribution in [-0.4, -0.2) is 33.3 Å². The molecule has 2 rings (SSSR count). The standard InChI is InChI=1S/C13H16N2O3/c14-11(13(17)18)6-9(16)5-8-7-15-12-4-2-1-3-10(8)12/h1-4,7,9,11,15-16H,5-6,14H2,(H,17,18)/t9-,11-/m0/s1. The number of aliphatic hydroxyl groups excluding tert-OH is 1. The maximum Gasteiger partial charge on any atom is 0.320 e. The van der Waals surface area contributed by atoms with Crippen molar-refractivity contribution in [2.24, 2.45) is 5.73 Å². The fraction of sp³-hybridized carbons (Fsp3) is 0.308. The van der Waals surface area contributed by atoms with E-state index in [1.54, 1.807) is 0 Å². The average molecular weight is 248 g/mol. The van der Waals surface area contributed by atoms with Gasteiger partial charge >= 0.3 is 5.97 Å². The highest BCUT2D eigenvalue weighted by Gasteiger charge is 2.18. The molecule has 5 nitrogen and oxygen atoms in total. The molecule has 1 heterocycles. The number of nitrogens with one attached hydrogen (secondary N) is 1. The highest BCUT2D eigenvalue weighted by molar-refractivity contribution is 5.83. The van der Waals surface area contributed by atoms with E-state index in [9.17, 15) is 9.90 Å². The van der Waals surface area contributed by atoms with Crippen LogP contribution >= 0.6 is 0 Å². The summed E-state index contributed by atoms with van der Waals surface area (Å²) in [7, 11) is 0. The van der Waals surface area contributed by atoms with Crippen molar-refractivity contribution in [2.45, 2.75) is 25.0 Å². The molecule has 0 spiro atoms. The average Bonchev–Trinajstić information content (AvgIpc) is 2.72. The van der Waals surface area contributed by atoms with Gasteiger partial charge in [-0.05, 0) is 18.1 Å². The SMILES string of the molecule is N[C@@H](C[C@@H](O)Cc1c[nH]c2ccccc12)C(=O)O. The first kappa shape index (κ1) is 12.6. The Kier molecular flexibility index (Phi) is 3.64. The van der Waals surface area contributed by atoms with Crippen LogP contribution in [0.15, 0.2) is 30.5 Å². The van der Waals surface area contributed by atoms with E-state index < -0.39 is 18.1 Å². The molecule has 96 valence electrons. The van der Waals surface area contributed by atoms with Crippen LogP contribution in [0.2, 0.25) is 0 Å². The lowest BCUT2D eigenvalue weighted by molar-refractivity contribution is -0.139. The quantitative estimate of drug-likeness (QED) is 0.631. The number of carboxylic acid groups (broad SMARTS) is 1. The number of aromatic nitrogens is 1. The van der Waals surface area contributed by atoms with E-state index in [4.69, 9.17) is 10.8 Å². The number of carbonyl (C=O) groups is 1. The van der Waals surface area contributed by atoms with Gasteiger partial charge in [0, 0.05) is 23.5 Å². The third-order valence-electron chi connectivity index (χ3n) is 2.97. The van der Waals surface area contributed by atoms with Gasteiger partial charge in [0.2, 0.25) is 0 Å². The van der Waals surface area contributed by atoms with Gasteiger partial charge in [0.25, 0.3) is 0 Å². The lowest BCUT2D eigenvalue weighted by Gasteiger charge is -2.12. The minimum Gasteiger partial charge on any atom is -0.480 e. The molecule has 5 N–H and O–H groups in total. The Hall–Kier alpha value is -1.85. The Morgan fingerprint density at radius 2 is 2.11 bits per heavy atom. The van der Waals surface area contributed by atoms with Gasteiger partial charge in [-0.3, -0.25) is 4.79 Å². The summed E-state index contributed by atoms with van der Waals surface area (Å²) in [6.45, 7) is 0. The van der Waals surface area contributed by atoms with Gasteiger partial charge in [0.15, 0.2) is 0 Å². The lowest BCUT2D eigenvalue weighted by Crippen LogP contribution is -2.34. The zero-order valence-electron chi connectivity index (χ0n) is 9.84. The maximum absolute atomic E-state index is 10.6. The summed E-state index contributed by atoms with van der Waals surface area (Å²) < 4.78 is 0. The van der Waals surface area contributed by atoms with Crippen LogP contribution in [0.4, 0.5) is 0 Å². The summed E-state index contributed by atoms with van der Waals surface area (Å²) in [5, 5.41) is 19.6. The van der Waals surface area contributed by atoms with Crippen LogP contribution in [0, 0.1) is 0 Å². The molecule has 0 aliphatic rings. The molecule has 5 heteroatoms. The van der Waals surface area contributed by atoms with Gasteiger partial charge < -0.3 is 20.9 Å². The summed E-state index contributed by atoms with van der Waals surface area (Å²) in [5.41, 5.74) is 7.36. The van der Waals surface area contributed by atoms with Crippen molar-refractivity contribution in [3.8, 4) is 0 Å². The van der Waals surface area contributed by atoms with Crippen molar-refractivity contribution in [1.82, 2.24) is 4.98 Å². The number of aliphatic carboxylic acids is 1. The minimum absolute atomic E-state index is 0.0504. The Labute approximate surface area is 104 Å². The van der Waals surface area contributed by atoms with Crippen molar-refractivity contribution in [1.29, 1.82) is 0 Å². The highest BCUT2D eigenvalue weighted by atomic mass is 16.4. The molecule has 1 aromatic carbocycles. The number of hydrogen-bond acceptors (Lipinski definition) is 3. The van der Waals surface area contributed by atoms with Crippen molar-refractivity contribution in [3.05, 3.63) is 36.0 Å². The van der Waals surface area contributed by atoms with E-state index in [0.717, 1.165) is 16.5 Å². The Morgan fingerprint density at radius 1 is 1.39 bits per heavy atom. The van der Waals surface area contributed by atoms with Gasteiger partial charge in [-0.15, -0.1) is 0 Å². The minimum atomic E-state index is -1.09. The number of aliphatic hydroxyl groups is 1. The summed E-state index contributed by atoms with van der Waals surface area (Å²) in [6, 6.07) is 6.75. The van der Waals surface area contributed by atoms with Gasteiger partial charge in [-0.2, -0.15) is 0 Å². The van der Waals surface area contributed by atoms with Gasteiger partial charge in [0.05, 0.1) is 6.10 Å². The smallest absolute Gasteiger partial charge is 0.320 e. The molecule has 2 aromatic rings. The third-order valence-corrected chi connectivity index (χ3v) is 2.97. The van der Waals surface area contributed by atoms with E-state index in [1.807, 2.05) is 30.5 Å². The maximum atomic E-state index is 10.6. The molecule has 0 amide bonds. The van der Waals surface area contributed by atoms with E-state index in [1.165, 1.54) is 0 Å². The van der Waals surface area contributed by atoms with E-state index in [0.29, 0.717) is 6.42 Å². The van der Waals surface area contributed by atoms with Crippen LogP contribution in [0.5, 0.6) is 0 Å². The van der Waals surface area contributed by atoms with Crippen molar-refractivity contribution in [3.63, 3.8) is 0 Å². The van der Waals surface area contributed by atoms with E-state index >= 15 is 0 Å². The Morgan fingerprint density at radius 3 is 2.83 bits per heavy atom. The number of carboxylic acids is 1. The third kappa shape index (κ3) is 2.69. The fourth-order valence-electron chi connectivity index (χ4n) is 2.03. The normalized spacial score (nSPS) is 14.6. The van der Waals surface area contributed by atoms with Gasteiger partial charge in [0.1, 0.15) is 6.04 Å². The van der Waals surface area contributed by atoms with Crippen LogP contribution < -0.4 is 5.73 Å². The first-order valence-corrected chi connectivity index (χ1v) is 5.79. The van der Waals surface area contributed by atoms with Gasteiger partial charge in [-0.1, -0.05) is 18.2 Å². The molecule has 1 aromatic heterocycles. The molecule has 0 fully saturated rings. The zero-order chi connectivity index (χ0) is 13.1. The topological polar surface area (TPSA) is 99.3 Å². The number of para-hydroxylation sites is 1. The fourth-order valence-corrected chi connectivity index (χ4v) is 2.03. The molecule has 0 aliphatic heterocycles. The molecule has 0 saturated carbocycles. The van der Waals surface area contributed by atoms with E-state index in [2.05, 4.69) is 4.98 Å². The van der Waals surface area contributed by atoms with E-state index in [-0.39, 0.29) is 6.42 Å². The number of benzene rings is 1. The van der Waals surface area contributed by atoms with Crippen LogP contribution in [0.3, 0.4) is 0 Å². The Bertz CT molecular complexity index is 550. The molecule has 0 aliphatic carbocycles. The number of rotatable bonds is 5. The Balaban J connectivity index is 2.07. The number of aromatic amines is 1. The molecule has 0 saturated heterocycles. The highest BCUT2D eigenvalue weighted by Crippen LogP contribution is 2.19. The summed E-state index contributed by atoms with van der Waals surface area (Å²) in [6.07, 6.45) is 1.52. The van der Waals surface area contributed by atoms with Crippen molar-refractivity contribution in [2.75, 3.05) is 0 Å². The molecule has 18 heavy (non-hydrogen) atoms. The molecule has 0 radical (unpaired) electrons. The molecular formula is C13H16N2O3. The first-order valence-electron chi connectivity index (χ1n) is 5.79. The molecule has 0 bridgehead atoms. The number of hydrogen-bond donors (Lipinski definition) is 4. The van der Waals surface area contributed by atoms with Gasteiger partial charge in [-0.25, -0.2) is 0 Å². The predicted molar refractivity (Wildman–Crippen MR) is 68.2 cm³/mol. The number of nitrogens with two attached hydrogens (primary N) is 1. The van der Waals surface area contributed by atoms with Crippen molar-refractivity contribution >= 4 is 16.9 Å². The lowest BCUT2D eigenvalue weighted by atomic mass is 10.0. The largest absolute Gasteiger partial charge is 0.480 e. The van der Waals surface area contributed by atoms with Crippen LogP contribution in [0.25, 0.3) is 10.9 Å². The van der Waals surface area contributed by atoms with Crippen LogP contribution in [0.1, 0.15) is 12.0 Å². The molecular weight excluding hydrogens is 232 g/mol. The summed E-state index contributed by atoms with van der Waals surface area (Å²) >= 11 is 0. The monoisotopic (exact) mass is 248 g/mol. The first-order chi connectivity index (χ1) is 8.58. The number of fused-ring (bicyclic) bond motifs is 1. The second kappa shape index (κ2) is 5.20. The van der Waals surface area contributed by atoms with Crippen molar-refractivity contribution < 1.29 is 15.0 Å². The predicted octanol–water partition coefficient (Wildman–Crippen LogP) is 0.873. The molecule has 2 atom stereocenters. The summed E-state index contributed by atoms with van der Waals surface area (Å²) in [4.78, 5) is 13.7. The number of H-pyrrole nitrogens is 1. The molecule has 0 unspecified atom stereocenters. The zero-order valence-corrected chi connectivity index (χ0v) is 9.84. The summed E-state index contributed by atoms with van der Waals surface area (Å²) in [5.74, 6) is -1.09. The second-order valence-corrected chi connectivity index (χ2v) is 4.40. The van der Waals surface area contributed by atoms with Crippen LogP contribution in [-0.2, 0) is 11.2 Å².